The van der Waals surface area contributed by atoms with Crippen LogP contribution in [0.5, 0.6) is 0 Å². The third-order valence-electron chi connectivity index (χ3n) is 2.46. The molecule has 16 heavy (non-hydrogen) atoms. The third kappa shape index (κ3) is 1.60. The van der Waals surface area contributed by atoms with Gasteiger partial charge in [-0.3, -0.25) is 0 Å². The molecule has 3 heteroatoms. The fourth-order valence-electron chi connectivity index (χ4n) is 1.70. The van der Waals surface area contributed by atoms with Crippen LogP contribution in [0.4, 0.5) is 0 Å². The minimum absolute atomic E-state index is 0.0521. The minimum Gasteiger partial charge on any atom is -0.507 e. The van der Waals surface area contributed by atoms with Gasteiger partial charge in [0.1, 0.15) is 5.57 Å². The van der Waals surface area contributed by atoms with Gasteiger partial charge in [0.05, 0.1) is 0 Å². The quantitative estimate of drug-likeness (QED) is 0.773. The number of cyclic esters (lactones) is 1. The first-order valence-electron chi connectivity index (χ1n) is 4.96. The third-order valence-corrected chi connectivity index (χ3v) is 2.46. The second-order valence-corrected chi connectivity index (χ2v) is 3.74. The van der Waals surface area contributed by atoms with Crippen molar-refractivity contribution in [2.45, 2.75) is 13.0 Å². The Labute approximate surface area is 93.7 Å². The molecule has 0 amide bonds. The first-order valence-corrected chi connectivity index (χ1v) is 4.96. The summed E-state index contributed by atoms with van der Waals surface area (Å²) >= 11 is 0. The molecule has 82 valence electrons. The van der Waals surface area contributed by atoms with E-state index in [9.17, 15) is 9.90 Å². The monoisotopic (exact) mass is 216 g/mol. The highest BCUT2D eigenvalue weighted by Gasteiger charge is 2.35. The molecule has 0 aromatic heterocycles. The average Bonchev–Trinajstić information content (AvgIpc) is 2.55. The molecule has 1 aliphatic rings. The molecule has 1 atom stereocenters. The molecule has 0 spiro atoms. The second-order valence-electron chi connectivity index (χ2n) is 3.74. The van der Waals surface area contributed by atoms with Gasteiger partial charge in [-0.1, -0.05) is 36.9 Å². The number of esters is 1. The molecule has 0 bridgehead atoms. The maximum absolute atomic E-state index is 11.5. The van der Waals surface area contributed by atoms with Gasteiger partial charge >= 0.3 is 5.97 Å². The Morgan fingerprint density at radius 3 is 2.50 bits per heavy atom. The fourth-order valence-corrected chi connectivity index (χ4v) is 1.70. The Morgan fingerprint density at radius 1 is 1.38 bits per heavy atom. The standard InChI is InChI=1S/C13H12O3/c1-8(2)10-11(14)12(16-13(10)15)9-6-4-3-5-7-9/h3-7,12,14H,1H2,2H3. The van der Waals surface area contributed by atoms with Gasteiger partial charge in [-0.15, -0.1) is 0 Å². The number of aliphatic hydroxyl groups is 1. The Bertz CT molecular complexity index is 471. The average molecular weight is 216 g/mol. The van der Waals surface area contributed by atoms with Gasteiger partial charge < -0.3 is 9.84 Å². The van der Waals surface area contributed by atoms with E-state index in [1.54, 1.807) is 19.1 Å². The van der Waals surface area contributed by atoms with Crippen LogP contribution in [0.2, 0.25) is 0 Å². The predicted octanol–water partition coefficient (Wildman–Crippen LogP) is 2.67. The lowest BCUT2D eigenvalue weighted by molar-refractivity contribution is -0.140. The van der Waals surface area contributed by atoms with Crippen LogP contribution in [-0.4, -0.2) is 11.1 Å². The summed E-state index contributed by atoms with van der Waals surface area (Å²) in [5.74, 6) is -0.567. The van der Waals surface area contributed by atoms with Crippen LogP contribution in [0.3, 0.4) is 0 Å². The molecule has 1 heterocycles. The number of hydrogen-bond acceptors (Lipinski definition) is 3. The van der Waals surface area contributed by atoms with Gasteiger partial charge in [0.25, 0.3) is 0 Å². The SMILES string of the molecule is C=C(C)C1=C(O)C(c2ccccc2)OC1=O. The van der Waals surface area contributed by atoms with Crippen LogP contribution in [0.15, 0.2) is 53.8 Å². The zero-order chi connectivity index (χ0) is 11.7. The first kappa shape index (κ1) is 10.5. The van der Waals surface area contributed by atoms with Crippen LogP contribution >= 0.6 is 0 Å². The Hall–Kier alpha value is -2.03. The van der Waals surface area contributed by atoms with Crippen molar-refractivity contribution in [3.8, 4) is 0 Å². The largest absolute Gasteiger partial charge is 0.507 e. The Morgan fingerprint density at radius 2 is 2.00 bits per heavy atom. The molecule has 1 unspecified atom stereocenters. The van der Waals surface area contributed by atoms with E-state index in [0.717, 1.165) is 5.56 Å². The summed E-state index contributed by atoms with van der Waals surface area (Å²) in [6.07, 6.45) is -0.694. The summed E-state index contributed by atoms with van der Waals surface area (Å²) in [5.41, 5.74) is 1.46. The van der Waals surface area contributed by atoms with Crippen molar-refractivity contribution in [1.29, 1.82) is 0 Å². The summed E-state index contributed by atoms with van der Waals surface area (Å²) in [7, 11) is 0. The number of aliphatic hydroxyl groups excluding tert-OH is 1. The van der Waals surface area contributed by atoms with Crippen LogP contribution in [0.1, 0.15) is 18.6 Å². The molecule has 1 aliphatic heterocycles. The lowest BCUT2D eigenvalue weighted by Crippen LogP contribution is -2.03. The van der Waals surface area contributed by atoms with Crippen molar-refractivity contribution < 1.29 is 14.6 Å². The molecule has 2 rings (SSSR count). The van der Waals surface area contributed by atoms with Gasteiger partial charge in [0, 0.05) is 5.56 Å². The molecule has 1 aromatic carbocycles. The highest BCUT2D eigenvalue weighted by molar-refractivity contribution is 5.96. The smallest absolute Gasteiger partial charge is 0.343 e. The minimum atomic E-state index is -0.694. The fraction of sp³-hybridized carbons (Fsp3) is 0.154. The number of ether oxygens (including phenoxy) is 1. The molecule has 0 fully saturated rings. The van der Waals surface area contributed by atoms with E-state index in [2.05, 4.69) is 6.58 Å². The molecule has 1 N–H and O–H groups in total. The van der Waals surface area contributed by atoms with Gasteiger partial charge in [-0.25, -0.2) is 4.79 Å². The van der Waals surface area contributed by atoms with Gasteiger partial charge in [0.2, 0.25) is 0 Å². The molecular formula is C13H12O3. The van der Waals surface area contributed by atoms with E-state index in [1.807, 2.05) is 18.2 Å². The predicted molar refractivity (Wildman–Crippen MR) is 59.7 cm³/mol. The van der Waals surface area contributed by atoms with Gasteiger partial charge in [-0.05, 0) is 12.5 Å². The normalized spacial score (nSPS) is 19.8. The summed E-state index contributed by atoms with van der Waals surface area (Å²) in [4.78, 5) is 11.5. The summed E-state index contributed by atoms with van der Waals surface area (Å²) < 4.78 is 5.11. The van der Waals surface area contributed by atoms with E-state index < -0.39 is 12.1 Å². The Kier molecular flexibility index (Phi) is 2.52. The van der Waals surface area contributed by atoms with Crippen molar-refractivity contribution in [1.82, 2.24) is 0 Å². The van der Waals surface area contributed by atoms with Crippen molar-refractivity contribution >= 4 is 5.97 Å². The molecule has 0 saturated heterocycles. The van der Waals surface area contributed by atoms with Gasteiger partial charge in [0.15, 0.2) is 11.9 Å². The van der Waals surface area contributed by atoms with E-state index in [1.165, 1.54) is 0 Å². The van der Waals surface area contributed by atoms with Crippen LogP contribution in [0.25, 0.3) is 0 Å². The van der Waals surface area contributed by atoms with Crippen molar-refractivity contribution in [3.63, 3.8) is 0 Å². The van der Waals surface area contributed by atoms with Crippen molar-refractivity contribution in [2.24, 2.45) is 0 Å². The maximum atomic E-state index is 11.5. The van der Waals surface area contributed by atoms with E-state index >= 15 is 0 Å². The molecular weight excluding hydrogens is 204 g/mol. The molecule has 0 radical (unpaired) electrons. The zero-order valence-electron chi connectivity index (χ0n) is 8.93. The van der Waals surface area contributed by atoms with E-state index in [-0.39, 0.29) is 11.3 Å². The lowest BCUT2D eigenvalue weighted by Gasteiger charge is -2.09. The van der Waals surface area contributed by atoms with Crippen molar-refractivity contribution in [2.75, 3.05) is 0 Å². The second kappa shape index (κ2) is 3.85. The van der Waals surface area contributed by atoms with Gasteiger partial charge in [-0.2, -0.15) is 0 Å². The zero-order valence-corrected chi connectivity index (χ0v) is 8.93. The summed E-state index contributed by atoms with van der Waals surface area (Å²) in [6, 6.07) is 9.12. The highest BCUT2D eigenvalue weighted by Crippen LogP contribution is 2.35. The Balaban J connectivity index is 2.42. The number of benzene rings is 1. The molecule has 0 aliphatic carbocycles. The summed E-state index contributed by atoms with van der Waals surface area (Å²) in [6.45, 7) is 5.31. The first-order chi connectivity index (χ1) is 7.61. The van der Waals surface area contributed by atoms with Crippen LogP contribution in [-0.2, 0) is 9.53 Å². The van der Waals surface area contributed by atoms with E-state index in [0.29, 0.717) is 5.57 Å². The topological polar surface area (TPSA) is 46.5 Å². The molecule has 0 saturated carbocycles. The maximum Gasteiger partial charge on any atom is 0.343 e. The van der Waals surface area contributed by atoms with Crippen molar-refractivity contribution in [3.05, 3.63) is 59.4 Å². The van der Waals surface area contributed by atoms with Crippen LogP contribution in [0, 0.1) is 0 Å². The number of carbonyl (C=O) groups is 1. The lowest BCUT2D eigenvalue weighted by atomic mass is 10.0. The number of hydrogen-bond donors (Lipinski definition) is 1. The molecule has 3 nitrogen and oxygen atoms in total. The molecule has 1 aromatic rings. The van der Waals surface area contributed by atoms with Crippen LogP contribution < -0.4 is 0 Å². The van der Waals surface area contributed by atoms with E-state index in [4.69, 9.17) is 4.74 Å². The highest BCUT2D eigenvalue weighted by atomic mass is 16.6. The summed E-state index contributed by atoms with van der Waals surface area (Å²) in [5, 5.41) is 9.92. The number of carbonyl (C=O) groups excluding carboxylic acids is 1. The number of rotatable bonds is 2.